The number of hydrogen-bond donors (Lipinski definition) is 1. The van der Waals surface area contributed by atoms with Gasteiger partial charge < -0.3 is 14.8 Å². The molecule has 1 atom stereocenters. The molecule has 1 aromatic rings. The first kappa shape index (κ1) is 15.9. The Labute approximate surface area is 138 Å². The summed E-state index contributed by atoms with van der Waals surface area (Å²) in [4.78, 5) is 0. The van der Waals surface area contributed by atoms with Crippen LogP contribution in [-0.4, -0.2) is 25.8 Å². The highest BCUT2D eigenvalue weighted by Crippen LogP contribution is 2.43. The number of rotatable bonds is 3. The van der Waals surface area contributed by atoms with E-state index in [0.29, 0.717) is 18.6 Å². The van der Waals surface area contributed by atoms with E-state index in [9.17, 15) is 0 Å². The van der Waals surface area contributed by atoms with E-state index in [1.54, 1.807) is 0 Å². The number of hydrogen-bond acceptors (Lipinski definition) is 3. The third-order valence-corrected chi connectivity index (χ3v) is 4.91. The average molecular weight is 324 g/mol. The van der Waals surface area contributed by atoms with Crippen LogP contribution in [0.2, 0.25) is 5.02 Å². The lowest BCUT2D eigenvalue weighted by Crippen LogP contribution is -2.36. The van der Waals surface area contributed by atoms with Crippen LogP contribution >= 0.6 is 11.6 Å². The molecule has 0 spiro atoms. The molecule has 0 saturated carbocycles. The molecule has 1 unspecified atom stereocenters. The van der Waals surface area contributed by atoms with Crippen molar-refractivity contribution in [2.24, 2.45) is 0 Å². The van der Waals surface area contributed by atoms with Crippen LogP contribution in [0.5, 0.6) is 11.5 Å². The Balaban J connectivity index is 1.98. The predicted molar refractivity (Wildman–Crippen MR) is 90.5 cm³/mol. The van der Waals surface area contributed by atoms with Crippen LogP contribution < -0.4 is 14.8 Å². The van der Waals surface area contributed by atoms with Crippen molar-refractivity contribution in [2.45, 2.75) is 57.9 Å². The van der Waals surface area contributed by atoms with Crippen LogP contribution in [0.1, 0.15) is 56.6 Å². The molecule has 1 N–H and O–H groups in total. The molecule has 122 valence electrons. The summed E-state index contributed by atoms with van der Waals surface area (Å²) in [6.45, 7) is 6.94. The Kier molecular flexibility index (Phi) is 5.14. The molecule has 4 heteroatoms. The van der Waals surface area contributed by atoms with Crippen LogP contribution in [0.25, 0.3) is 0 Å². The Morgan fingerprint density at radius 2 is 2.05 bits per heavy atom. The summed E-state index contributed by atoms with van der Waals surface area (Å²) in [5.41, 5.74) is 2.47. The van der Waals surface area contributed by atoms with Crippen LogP contribution in [0.15, 0.2) is 6.07 Å². The molecule has 0 aromatic heterocycles. The SMILES string of the molecule is CC(C)c1c(CC2CCCCN2)c(Cl)cc2c1OCCCO2. The van der Waals surface area contributed by atoms with Crippen molar-refractivity contribution in [3.8, 4) is 11.5 Å². The second kappa shape index (κ2) is 7.10. The number of halogens is 1. The predicted octanol–water partition coefficient (Wildman–Crippen LogP) is 4.31. The van der Waals surface area contributed by atoms with Gasteiger partial charge in [0.25, 0.3) is 0 Å². The maximum atomic E-state index is 6.62. The first-order valence-electron chi connectivity index (χ1n) is 8.51. The van der Waals surface area contributed by atoms with Crippen molar-refractivity contribution in [1.82, 2.24) is 5.32 Å². The Bertz CT molecular complexity index is 524. The lowest BCUT2D eigenvalue weighted by atomic mass is 9.89. The van der Waals surface area contributed by atoms with Gasteiger partial charge in [-0.2, -0.15) is 0 Å². The molecular weight excluding hydrogens is 298 g/mol. The van der Waals surface area contributed by atoms with Gasteiger partial charge in [-0.3, -0.25) is 0 Å². The largest absolute Gasteiger partial charge is 0.489 e. The van der Waals surface area contributed by atoms with E-state index in [0.717, 1.165) is 42.5 Å². The molecule has 3 nitrogen and oxygen atoms in total. The summed E-state index contributed by atoms with van der Waals surface area (Å²) >= 11 is 6.62. The van der Waals surface area contributed by atoms with Crippen LogP contribution in [0, 0.1) is 0 Å². The van der Waals surface area contributed by atoms with Crippen LogP contribution in [0.4, 0.5) is 0 Å². The molecule has 2 aliphatic heterocycles. The van der Waals surface area contributed by atoms with Gasteiger partial charge in [-0.05, 0) is 37.3 Å². The zero-order chi connectivity index (χ0) is 15.5. The Hall–Kier alpha value is -0.930. The topological polar surface area (TPSA) is 30.5 Å². The maximum absolute atomic E-state index is 6.62. The van der Waals surface area contributed by atoms with Gasteiger partial charge in [0, 0.05) is 29.1 Å². The van der Waals surface area contributed by atoms with Gasteiger partial charge in [0.1, 0.15) is 0 Å². The van der Waals surface area contributed by atoms with E-state index in [4.69, 9.17) is 21.1 Å². The Morgan fingerprint density at radius 3 is 2.77 bits per heavy atom. The number of ether oxygens (including phenoxy) is 2. The minimum atomic E-state index is 0.368. The summed E-state index contributed by atoms with van der Waals surface area (Å²) in [6.07, 6.45) is 5.70. The van der Waals surface area contributed by atoms with Gasteiger partial charge in [0.15, 0.2) is 11.5 Å². The smallest absolute Gasteiger partial charge is 0.164 e. The van der Waals surface area contributed by atoms with Crippen LogP contribution in [0.3, 0.4) is 0 Å². The number of fused-ring (bicyclic) bond motifs is 1. The molecule has 0 aliphatic carbocycles. The first-order chi connectivity index (χ1) is 10.7. The molecule has 0 radical (unpaired) electrons. The molecule has 1 saturated heterocycles. The average Bonchev–Trinajstić information content (AvgIpc) is 2.73. The zero-order valence-corrected chi connectivity index (χ0v) is 14.3. The van der Waals surface area contributed by atoms with Crippen molar-refractivity contribution < 1.29 is 9.47 Å². The summed E-state index contributed by atoms with van der Waals surface area (Å²) in [5, 5.41) is 4.44. The van der Waals surface area contributed by atoms with Crippen LogP contribution in [-0.2, 0) is 6.42 Å². The fourth-order valence-electron chi connectivity index (χ4n) is 3.50. The van der Waals surface area contributed by atoms with Gasteiger partial charge in [-0.25, -0.2) is 0 Å². The van der Waals surface area contributed by atoms with Gasteiger partial charge in [0.05, 0.1) is 13.2 Å². The fraction of sp³-hybridized carbons (Fsp3) is 0.667. The number of nitrogens with one attached hydrogen (secondary N) is 1. The fourth-order valence-corrected chi connectivity index (χ4v) is 3.78. The summed E-state index contributed by atoms with van der Waals surface area (Å²) in [7, 11) is 0. The van der Waals surface area contributed by atoms with Gasteiger partial charge >= 0.3 is 0 Å². The molecule has 0 amide bonds. The minimum absolute atomic E-state index is 0.368. The van der Waals surface area contributed by atoms with Crippen molar-refractivity contribution in [3.05, 3.63) is 22.2 Å². The van der Waals surface area contributed by atoms with Gasteiger partial charge in [-0.1, -0.05) is 31.9 Å². The molecule has 2 aliphatic rings. The zero-order valence-electron chi connectivity index (χ0n) is 13.6. The summed E-state index contributed by atoms with van der Waals surface area (Å²) in [5.74, 6) is 2.10. The van der Waals surface area contributed by atoms with E-state index in [2.05, 4.69) is 19.2 Å². The molecule has 1 aromatic carbocycles. The molecular formula is C18H26ClNO2. The first-order valence-corrected chi connectivity index (χ1v) is 8.89. The van der Waals surface area contributed by atoms with E-state index >= 15 is 0 Å². The number of benzene rings is 1. The molecule has 0 bridgehead atoms. The second-order valence-electron chi connectivity index (χ2n) is 6.63. The Morgan fingerprint density at radius 1 is 1.23 bits per heavy atom. The monoisotopic (exact) mass is 323 g/mol. The van der Waals surface area contributed by atoms with E-state index in [1.807, 2.05) is 6.07 Å². The van der Waals surface area contributed by atoms with E-state index in [1.165, 1.54) is 30.4 Å². The molecule has 1 fully saturated rings. The molecule has 22 heavy (non-hydrogen) atoms. The van der Waals surface area contributed by atoms with Crippen molar-refractivity contribution >= 4 is 11.6 Å². The lowest BCUT2D eigenvalue weighted by Gasteiger charge is -2.27. The quantitative estimate of drug-likeness (QED) is 0.899. The van der Waals surface area contributed by atoms with Crippen molar-refractivity contribution in [2.75, 3.05) is 19.8 Å². The lowest BCUT2D eigenvalue weighted by molar-refractivity contribution is 0.295. The highest BCUT2D eigenvalue weighted by molar-refractivity contribution is 6.31. The maximum Gasteiger partial charge on any atom is 0.164 e. The number of piperidine rings is 1. The third-order valence-electron chi connectivity index (χ3n) is 4.57. The van der Waals surface area contributed by atoms with Crippen molar-refractivity contribution in [1.29, 1.82) is 0 Å². The van der Waals surface area contributed by atoms with Crippen molar-refractivity contribution in [3.63, 3.8) is 0 Å². The molecule has 3 rings (SSSR count). The summed E-state index contributed by atoms with van der Waals surface area (Å²) in [6, 6.07) is 2.47. The minimum Gasteiger partial charge on any atom is -0.489 e. The standard InChI is InChI=1S/C18H26ClNO2/c1-12(2)17-14(10-13-6-3-4-7-20-13)15(19)11-16-18(17)22-9-5-8-21-16/h11-13,20H,3-10H2,1-2H3. The summed E-state index contributed by atoms with van der Waals surface area (Å²) < 4.78 is 11.9. The van der Waals surface area contributed by atoms with E-state index in [-0.39, 0.29) is 0 Å². The van der Waals surface area contributed by atoms with Gasteiger partial charge in [0.2, 0.25) is 0 Å². The normalized spacial score (nSPS) is 21.7. The second-order valence-corrected chi connectivity index (χ2v) is 7.04. The van der Waals surface area contributed by atoms with E-state index < -0.39 is 0 Å². The molecule has 2 heterocycles. The highest BCUT2D eigenvalue weighted by atomic mass is 35.5. The van der Waals surface area contributed by atoms with Gasteiger partial charge in [-0.15, -0.1) is 0 Å². The highest BCUT2D eigenvalue weighted by Gasteiger charge is 2.25. The third kappa shape index (κ3) is 3.36.